The molecule has 0 unspecified atom stereocenters. The van der Waals surface area contributed by atoms with E-state index in [0.29, 0.717) is 16.5 Å². The van der Waals surface area contributed by atoms with E-state index in [-0.39, 0.29) is 16.9 Å². The number of carboxylic acids is 1. The zero-order valence-corrected chi connectivity index (χ0v) is 23.0. The van der Waals surface area contributed by atoms with Gasteiger partial charge in [0.05, 0.1) is 32.9 Å². The van der Waals surface area contributed by atoms with Gasteiger partial charge in [-0.1, -0.05) is 43.0 Å². The highest BCUT2D eigenvalue weighted by atomic mass is 35.5. The van der Waals surface area contributed by atoms with Crippen molar-refractivity contribution in [3.8, 4) is 5.69 Å². The molecule has 1 saturated heterocycles. The largest absolute Gasteiger partial charge is 0.481 e. The Morgan fingerprint density at radius 2 is 1.72 bits per heavy atom. The summed E-state index contributed by atoms with van der Waals surface area (Å²) in [6.07, 6.45) is 9.08. The molecule has 1 N–H and O–H groups in total. The summed E-state index contributed by atoms with van der Waals surface area (Å²) in [5.41, 5.74) is 4.04. The number of fused-ring (bicyclic) bond motifs is 7. The molecule has 7 rings (SSSR count). The highest BCUT2D eigenvalue weighted by Gasteiger charge is 2.46. The molecule has 2 aromatic carbocycles. The Balaban J connectivity index is 1.21. The van der Waals surface area contributed by atoms with Gasteiger partial charge in [-0.15, -0.1) is 0 Å². The fraction of sp³-hybridized carbons (Fsp3) is 0.516. The van der Waals surface area contributed by atoms with Crippen LogP contribution in [0.5, 0.6) is 0 Å². The summed E-state index contributed by atoms with van der Waals surface area (Å²) in [5.74, 6) is 0.0805. The first kappa shape index (κ1) is 25.1. The van der Waals surface area contributed by atoms with Crippen molar-refractivity contribution >= 4 is 34.2 Å². The van der Waals surface area contributed by atoms with E-state index in [4.69, 9.17) is 16.6 Å². The number of carbonyl (C=O) groups is 1. The SMILES string of the molecule is O=C(O)C1CCC(N2CCN(c3ccc4c(c3)-n3c(nc(=O)c5c(Cl)cccc53)C43CCCCC3)CC2)CC1. The van der Waals surface area contributed by atoms with Crippen LogP contribution in [0.4, 0.5) is 5.69 Å². The Kier molecular flexibility index (Phi) is 6.20. The minimum atomic E-state index is -0.638. The van der Waals surface area contributed by atoms with E-state index in [1.54, 1.807) is 6.07 Å². The highest BCUT2D eigenvalue weighted by Crippen LogP contribution is 2.52. The number of piperazine rings is 1. The Morgan fingerprint density at radius 3 is 2.44 bits per heavy atom. The Morgan fingerprint density at radius 1 is 0.974 bits per heavy atom. The monoisotopic (exact) mass is 546 g/mol. The molecule has 1 aromatic heterocycles. The quantitative estimate of drug-likeness (QED) is 0.476. The average molecular weight is 547 g/mol. The van der Waals surface area contributed by atoms with Gasteiger partial charge in [-0.3, -0.25) is 19.1 Å². The van der Waals surface area contributed by atoms with Gasteiger partial charge in [0.1, 0.15) is 5.82 Å². The maximum absolute atomic E-state index is 13.2. The number of carboxylic acid groups (broad SMARTS) is 1. The minimum absolute atomic E-state index is 0.167. The second kappa shape index (κ2) is 9.63. The van der Waals surface area contributed by atoms with Gasteiger partial charge in [0, 0.05) is 37.9 Å². The number of anilines is 1. The van der Waals surface area contributed by atoms with Gasteiger partial charge in [-0.05, 0) is 68.4 Å². The van der Waals surface area contributed by atoms with Crippen LogP contribution in [0.25, 0.3) is 16.6 Å². The van der Waals surface area contributed by atoms with Crippen molar-refractivity contribution in [1.82, 2.24) is 14.5 Å². The van der Waals surface area contributed by atoms with Crippen molar-refractivity contribution in [3.63, 3.8) is 0 Å². The molecule has 39 heavy (non-hydrogen) atoms. The molecule has 204 valence electrons. The predicted octanol–water partition coefficient (Wildman–Crippen LogP) is 5.37. The predicted molar refractivity (Wildman–Crippen MR) is 153 cm³/mol. The zero-order chi connectivity index (χ0) is 26.7. The van der Waals surface area contributed by atoms with E-state index in [2.05, 4.69) is 32.6 Å². The lowest BCUT2D eigenvalue weighted by molar-refractivity contribution is -0.143. The molecule has 3 heterocycles. The number of nitrogens with zero attached hydrogens (tertiary/aromatic N) is 4. The molecule has 0 atom stereocenters. The van der Waals surface area contributed by atoms with Crippen LogP contribution < -0.4 is 10.5 Å². The first-order valence-corrected chi connectivity index (χ1v) is 14.9. The molecule has 3 aromatic rings. The fourth-order valence-electron chi connectivity index (χ4n) is 7.90. The smallest absolute Gasteiger partial charge is 0.306 e. The van der Waals surface area contributed by atoms with Crippen LogP contribution in [0.3, 0.4) is 0 Å². The van der Waals surface area contributed by atoms with Crippen LogP contribution in [0, 0.1) is 5.92 Å². The van der Waals surface area contributed by atoms with Crippen molar-refractivity contribution in [1.29, 1.82) is 0 Å². The van der Waals surface area contributed by atoms with Crippen LogP contribution in [0.2, 0.25) is 5.02 Å². The van der Waals surface area contributed by atoms with E-state index in [1.807, 2.05) is 12.1 Å². The summed E-state index contributed by atoms with van der Waals surface area (Å²) in [6.45, 7) is 3.88. The molecule has 2 saturated carbocycles. The molecule has 0 bridgehead atoms. The Hall–Kier alpha value is -2.90. The van der Waals surface area contributed by atoms with Crippen LogP contribution in [-0.4, -0.2) is 57.7 Å². The van der Waals surface area contributed by atoms with Crippen molar-refractivity contribution < 1.29 is 9.90 Å². The lowest BCUT2D eigenvalue weighted by Crippen LogP contribution is -2.51. The molecule has 7 nitrogen and oxygen atoms in total. The van der Waals surface area contributed by atoms with E-state index < -0.39 is 5.97 Å². The average Bonchev–Trinajstić information content (AvgIpc) is 3.22. The van der Waals surface area contributed by atoms with E-state index in [0.717, 1.165) is 94.6 Å². The molecule has 4 aliphatic rings. The summed E-state index contributed by atoms with van der Waals surface area (Å²) < 4.78 is 2.23. The lowest BCUT2D eigenvalue weighted by atomic mass is 9.70. The molecule has 0 amide bonds. The van der Waals surface area contributed by atoms with Crippen molar-refractivity contribution in [2.45, 2.75) is 69.2 Å². The van der Waals surface area contributed by atoms with E-state index in [9.17, 15) is 14.7 Å². The number of halogens is 1. The summed E-state index contributed by atoms with van der Waals surface area (Å²) in [7, 11) is 0. The maximum Gasteiger partial charge on any atom is 0.306 e. The molecule has 8 heteroatoms. The highest BCUT2D eigenvalue weighted by molar-refractivity contribution is 6.35. The summed E-state index contributed by atoms with van der Waals surface area (Å²) in [6, 6.07) is 13.1. The number of aromatic nitrogens is 2. The first-order valence-electron chi connectivity index (χ1n) is 14.5. The van der Waals surface area contributed by atoms with Crippen molar-refractivity contribution in [2.24, 2.45) is 5.92 Å². The standard InChI is InChI=1S/C31H35ClN4O3/c32-24-5-4-6-25-27(24)28(37)33-30-31(13-2-1-3-14-31)23-12-11-22(19-26(23)36(25)30)35-17-15-34(16-18-35)21-9-7-20(8-10-21)29(38)39/h4-6,11-12,19-21H,1-3,7-10,13-18H2,(H,38,39). The molecule has 2 aliphatic carbocycles. The van der Waals surface area contributed by atoms with Gasteiger partial charge in [0.2, 0.25) is 0 Å². The van der Waals surface area contributed by atoms with Gasteiger partial charge < -0.3 is 10.0 Å². The first-order chi connectivity index (χ1) is 19.0. The number of hydrogen-bond donors (Lipinski definition) is 1. The van der Waals surface area contributed by atoms with Gasteiger partial charge in [0.25, 0.3) is 5.56 Å². The van der Waals surface area contributed by atoms with E-state index >= 15 is 0 Å². The van der Waals surface area contributed by atoms with Gasteiger partial charge in [-0.2, -0.15) is 4.98 Å². The number of hydrogen-bond acceptors (Lipinski definition) is 5. The number of benzene rings is 2. The van der Waals surface area contributed by atoms with E-state index in [1.165, 1.54) is 17.7 Å². The second-order valence-electron chi connectivity index (χ2n) is 11.9. The third-order valence-corrected chi connectivity index (χ3v) is 10.3. The Labute approximate surface area is 233 Å². The van der Waals surface area contributed by atoms with Gasteiger partial charge in [0.15, 0.2) is 0 Å². The number of aliphatic carboxylic acids is 1. The molecule has 1 spiro atoms. The summed E-state index contributed by atoms with van der Waals surface area (Å²) >= 11 is 6.53. The Bertz CT molecular complexity index is 1500. The van der Waals surface area contributed by atoms with Crippen LogP contribution >= 0.6 is 11.6 Å². The maximum atomic E-state index is 13.2. The van der Waals surface area contributed by atoms with Crippen molar-refractivity contribution in [2.75, 3.05) is 31.1 Å². The zero-order valence-electron chi connectivity index (χ0n) is 22.2. The van der Waals surface area contributed by atoms with Crippen molar-refractivity contribution in [3.05, 3.63) is 63.2 Å². The second-order valence-corrected chi connectivity index (χ2v) is 12.3. The molecular formula is C31H35ClN4O3. The van der Waals surface area contributed by atoms with Crippen LogP contribution in [0.15, 0.2) is 41.2 Å². The fourth-order valence-corrected chi connectivity index (χ4v) is 8.15. The van der Waals surface area contributed by atoms with Crippen LogP contribution in [-0.2, 0) is 10.2 Å². The molecular weight excluding hydrogens is 512 g/mol. The topological polar surface area (TPSA) is 78.7 Å². The molecule has 0 radical (unpaired) electrons. The third kappa shape index (κ3) is 4.00. The molecule has 2 aliphatic heterocycles. The van der Waals surface area contributed by atoms with Gasteiger partial charge >= 0.3 is 5.97 Å². The van der Waals surface area contributed by atoms with Gasteiger partial charge in [-0.25, -0.2) is 0 Å². The summed E-state index contributed by atoms with van der Waals surface area (Å²) in [4.78, 5) is 34.3. The normalized spacial score (nSPS) is 24.6. The number of rotatable bonds is 3. The summed E-state index contributed by atoms with van der Waals surface area (Å²) in [5, 5.41) is 10.3. The third-order valence-electron chi connectivity index (χ3n) is 9.98. The van der Waals surface area contributed by atoms with Crippen LogP contribution in [0.1, 0.15) is 69.2 Å². The lowest BCUT2D eigenvalue weighted by Gasteiger charge is -2.42. The minimum Gasteiger partial charge on any atom is -0.481 e. The molecule has 3 fully saturated rings.